The Kier molecular flexibility index (Phi) is 4.87. The Labute approximate surface area is 145 Å². The molecule has 0 aliphatic carbocycles. The van der Waals surface area contributed by atoms with Gasteiger partial charge in [-0.2, -0.15) is 4.98 Å². The summed E-state index contributed by atoms with van der Waals surface area (Å²) < 4.78 is 15.6. The molecule has 0 aliphatic heterocycles. The number of H-pyrrole nitrogens is 1. The number of hydrogen-bond acceptors (Lipinski definition) is 2. The fraction of sp³-hybridized carbons (Fsp3) is 0.222. The molecule has 1 heterocycles. The minimum Gasteiger partial charge on any atom is -0.315 e. The van der Waals surface area contributed by atoms with E-state index in [0.717, 1.165) is 17.0 Å². The van der Waals surface area contributed by atoms with Gasteiger partial charge in [-0.05, 0) is 31.3 Å². The largest absolute Gasteiger partial charge is 0.315 e. The summed E-state index contributed by atoms with van der Waals surface area (Å²) in [7, 11) is 2.04. The summed E-state index contributed by atoms with van der Waals surface area (Å²) in [5.74, 6) is 0.554. The van der Waals surface area contributed by atoms with E-state index in [1.165, 1.54) is 16.5 Å². The summed E-state index contributed by atoms with van der Waals surface area (Å²) in [6, 6.07) is 14.8. The number of aromatic nitrogens is 3. The predicted molar refractivity (Wildman–Crippen MR) is 94.6 cm³/mol. The standard InChI is InChI=1S/C18H19FN4S/c1-13-6-8-15(9-7-13)17-20-18(24)23(21-17)12-22(2)11-14-4-3-5-16(19)10-14/h3-10H,11-12H2,1-2H3,(H,20,21,24)/p+1. The maximum atomic E-state index is 13.3. The molecular formula is C18H20FN4S+. The van der Waals surface area contributed by atoms with E-state index >= 15 is 0 Å². The van der Waals surface area contributed by atoms with Crippen LogP contribution in [0.1, 0.15) is 11.1 Å². The molecule has 0 radical (unpaired) electrons. The number of aryl methyl sites for hydroxylation is 1. The average molecular weight is 343 g/mol. The SMILES string of the molecule is Cc1ccc(-c2nc(=S)n(C[NH+](C)Cc3cccc(F)c3)[nH]2)cc1. The maximum Gasteiger partial charge on any atom is 0.221 e. The first-order valence-corrected chi connectivity index (χ1v) is 8.22. The molecule has 1 unspecified atom stereocenters. The van der Waals surface area contributed by atoms with Crippen LogP contribution >= 0.6 is 12.2 Å². The molecule has 2 N–H and O–H groups in total. The molecular weight excluding hydrogens is 323 g/mol. The van der Waals surface area contributed by atoms with E-state index in [1.54, 1.807) is 12.1 Å². The minimum atomic E-state index is -0.208. The van der Waals surface area contributed by atoms with Gasteiger partial charge in [0.1, 0.15) is 12.4 Å². The molecule has 2 aromatic carbocycles. The van der Waals surface area contributed by atoms with Crippen LogP contribution in [0.25, 0.3) is 11.4 Å². The van der Waals surface area contributed by atoms with E-state index in [4.69, 9.17) is 12.2 Å². The number of hydrogen-bond donors (Lipinski definition) is 2. The van der Waals surface area contributed by atoms with Crippen molar-refractivity contribution in [2.24, 2.45) is 0 Å². The van der Waals surface area contributed by atoms with Crippen molar-refractivity contribution in [3.05, 3.63) is 70.2 Å². The van der Waals surface area contributed by atoms with Crippen LogP contribution in [0.2, 0.25) is 0 Å². The van der Waals surface area contributed by atoms with Crippen LogP contribution in [-0.4, -0.2) is 21.8 Å². The zero-order valence-electron chi connectivity index (χ0n) is 13.7. The highest BCUT2D eigenvalue weighted by Gasteiger charge is 2.10. The third kappa shape index (κ3) is 3.96. The van der Waals surface area contributed by atoms with Crippen LogP contribution in [0.15, 0.2) is 48.5 Å². The van der Waals surface area contributed by atoms with Crippen molar-refractivity contribution in [3.8, 4) is 11.4 Å². The van der Waals surface area contributed by atoms with Gasteiger partial charge in [0.2, 0.25) is 4.77 Å². The average Bonchev–Trinajstić information content (AvgIpc) is 2.89. The van der Waals surface area contributed by atoms with Gasteiger partial charge >= 0.3 is 0 Å². The summed E-state index contributed by atoms with van der Waals surface area (Å²) in [6.45, 7) is 3.39. The Balaban J connectivity index is 1.73. The molecule has 1 atom stereocenters. The highest BCUT2D eigenvalue weighted by molar-refractivity contribution is 7.71. The summed E-state index contributed by atoms with van der Waals surface area (Å²) in [4.78, 5) is 5.61. The van der Waals surface area contributed by atoms with Gasteiger partial charge in [0.25, 0.3) is 0 Å². The van der Waals surface area contributed by atoms with Crippen molar-refractivity contribution in [1.82, 2.24) is 14.8 Å². The van der Waals surface area contributed by atoms with E-state index in [0.29, 0.717) is 18.0 Å². The number of quaternary nitrogens is 1. The molecule has 3 rings (SSSR count). The fourth-order valence-electron chi connectivity index (χ4n) is 2.63. The van der Waals surface area contributed by atoms with Crippen LogP contribution in [0, 0.1) is 17.5 Å². The van der Waals surface area contributed by atoms with Crippen LogP contribution in [0.3, 0.4) is 0 Å². The highest BCUT2D eigenvalue weighted by atomic mass is 32.1. The number of nitrogens with zero attached hydrogens (tertiary/aromatic N) is 2. The zero-order chi connectivity index (χ0) is 17.1. The smallest absolute Gasteiger partial charge is 0.221 e. The zero-order valence-corrected chi connectivity index (χ0v) is 14.5. The molecule has 0 aliphatic rings. The number of aromatic amines is 1. The lowest BCUT2D eigenvalue weighted by molar-refractivity contribution is -0.917. The van der Waals surface area contributed by atoms with E-state index in [-0.39, 0.29) is 5.82 Å². The molecule has 0 bridgehead atoms. The van der Waals surface area contributed by atoms with Gasteiger partial charge in [-0.1, -0.05) is 42.0 Å². The molecule has 4 nitrogen and oxygen atoms in total. The first-order valence-electron chi connectivity index (χ1n) is 7.81. The molecule has 124 valence electrons. The van der Waals surface area contributed by atoms with Gasteiger partial charge in [0, 0.05) is 11.1 Å². The number of benzene rings is 2. The van der Waals surface area contributed by atoms with Crippen LogP contribution in [0.4, 0.5) is 4.39 Å². The van der Waals surface area contributed by atoms with Gasteiger partial charge in [-0.25, -0.2) is 9.07 Å². The Morgan fingerprint density at radius 3 is 2.67 bits per heavy atom. The minimum absolute atomic E-state index is 0.208. The third-order valence-corrected chi connectivity index (χ3v) is 4.14. The third-order valence-electron chi connectivity index (χ3n) is 3.83. The second kappa shape index (κ2) is 7.07. The molecule has 0 saturated carbocycles. The molecule has 6 heteroatoms. The van der Waals surface area contributed by atoms with Gasteiger partial charge < -0.3 is 4.90 Å². The molecule has 3 aromatic rings. The van der Waals surface area contributed by atoms with Crippen molar-refractivity contribution in [2.75, 3.05) is 7.05 Å². The van der Waals surface area contributed by atoms with Crippen molar-refractivity contribution in [2.45, 2.75) is 20.1 Å². The lowest BCUT2D eigenvalue weighted by Crippen LogP contribution is -3.07. The molecule has 0 fully saturated rings. The number of nitrogens with one attached hydrogen (secondary N) is 2. The molecule has 0 saturated heterocycles. The van der Waals surface area contributed by atoms with Gasteiger partial charge in [0.15, 0.2) is 12.5 Å². The lowest BCUT2D eigenvalue weighted by atomic mass is 10.1. The topological polar surface area (TPSA) is 38.0 Å². The first kappa shape index (κ1) is 16.5. The summed E-state index contributed by atoms with van der Waals surface area (Å²) in [5, 5.41) is 3.25. The molecule has 0 spiro atoms. The van der Waals surface area contributed by atoms with Crippen molar-refractivity contribution in [1.29, 1.82) is 0 Å². The van der Waals surface area contributed by atoms with E-state index in [2.05, 4.69) is 17.0 Å². The lowest BCUT2D eigenvalue weighted by Gasteiger charge is -2.14. The van der Waals surface area contributed by atoms with Crippen molar-refractivity contribution >= 4 is 12.2 Å². The Morgan fingerprint density at radius 1 is 1.21 bits per heavy atom. The quantitative estimate of drug-likeness (QED) is 0.699. The second-order valence-electron chi connectivity index (χ2n) is 6.07. The predicted octanol–water partition coefficient (Wildman–Crippen LogP) is 2.73. The van der Waals surface area contributed by atoms with Crippen molar-refractivity contribution in [3.63, 3.8) is 0 Å². The van der Waals surface area contributed by atoms with Crippen LogP contribution in [0.5, 0.6) is 0 Å². The maximum absolute atomic E-state index is 13.3. The number of rotatable bonds is 5. The summed E-state index contributed by atoms with van der Waals surface area (Å²) in [5.41, 5.74) is 3.17. The van der Waals surface area contributed by atoms with Gasteiger partial charge in [-0.15, -0.1) is 0 Å². The molecule has 0 amide bonds. The Morgan fingerprint density at radius 2 is 1.96 bits per heavy atom. The second-order valence-corrected chi connectivity index (χ2v) is 6.44. The monoisotopic (exact) mass is 343 g/mol. The van der Waals surface area contributed by atoms with E-state index in [9.17, 15) is 4.39 Å². The van der Waals surface area contributed by atoms with Gasteiger partial charge in [0.05, 0.1) is 7.05 Å². The van der Waals surface area contributed by atoms with E-state index in [1.807, 2.05) is 42.1 Å². The van der Waals surface area contributed by atoms with Crippen LogP contribution in [-0.2, 0) is 13.2 Å². The van der Waals surface area contributed by atoms with E-state index < -0.39 is 0 Å². The highest BCUT2D eigenvalue weighted by Crippen LogP contribution is 2.15. The first-order chi connectivity index (χ1) is 11.5. The summed E-state index contributed by atoms with van der Waals surface area (Å²) in [6.07, 6.45) is 0. The molecule has 24 heavy (non-hydrogen) atoms. The van der Waals surface area contributed by atoms with Crippen molar-refractivity contribution < 1.29 is 9.29 Å². The van der Waals surface area contributed by atoms with Gasteiger partial charge in [-0.3, -0.25) is 5.10 Å². The van der Waals surface area contributed by atoms with Crippen LogP contribution < -0.4 is 4.90 Å². The molecule has 1 aromatic heterocycles. The Bertz CT molecular complexity index is 883. The number of halogens is 1. The summed E-state index contributed by atoms with van der Waals surface area (Å²) >= 11 is 5.35. The fourth-order valence-corrected chi connectivity index (χ4v) is 2.83. The Hall–Kier alpha value is -2.31. The normalized spacial score (nSPS) is 12.3.